The second kappa shape index (κ2) is 11.3. The van der Waals surface area contributed by atoms with Gasteiger partial charge in [0.25, 0.3) is 0 Å². The Labute approximate surface area is 177 Å². The Morgan fingerprint density at radius 3 is 2.46 bits per heavy atom. The summed E-state index contributed by atoms with van der Waals surface area (Å²) in [6.07, 6.45) is -1.50. The zero-order valence-electron chi connectivity index (χ0n) is 16.9. The number of rotatable bonds is 7. The third kappa shape index (κ3) is 5.72. The van der Waals surface area contributed by atoms with Gasteiger partial charge in [0.05, 0.1) is 18.2 Å². The molecule has 2 aliphatic heterocycles. The number of hydrogen-bond donors (Lipinski definition) is 5. The van der Waals surface area contributed by atoms with Gasteiger partial charge in [0.2, 0.25) is 5.91 Å². The van der Waals surface area contributed by atoms with Crippen molar-refractivity contribution < 1.29 is 30.0 Å². The van der Waals surface area contributed by atoms with Crippen molar-refractivity contribution in [3.8, 4) is 0 Å². The Kier molecular flexibility index (Phi) is 10.5. The van der Waals surface area contributed by atoms with Gasteiger partial charge in [-0.05, 0) is 39.0 Å². The Morgan fingerprint density at radius 1 is 1.29 bits per heavy atom. The number of likely N-dealkylation sites (N-methyl/N-ethyl adjacent to an activating group) is 1. The Morgan fingerprint density at radius 2 is 1.93 bits per heavy atom. The van der Waals surface area contributed by atoms with Gasteiger partial charge in [-0.3, -0.25) is 9.69 Å². The van der Waals surface area contributed by atoms with E-state index >= 15 is 0 Å². The largest absolute Gasteiger partial charge is 0.391 e. The van der Waals surface area contributed by atoms with Crippen molar-refractivity contribution in [2.75, 3.05) is 19.8 Å². The molecule has 1 amide bonds. The number of nitrogens with one attached hydrogen (secondary N) is 1. The van der Waals surface area contributed by atoms with Crippen LogP contribution in [0, 0.1) is 5.92 Å². The maximum atomic E-state index is 12.8. The summed E-state index contributed by atoms with van der Waals surface area (Å²) >= 11 is 1.20. The molecule has 2 fully saturated rings. The van der Waals surface area contributed by atoms with Crippen LogP contribution < -0.4 is 5.32 Å². The molecule has 5 N–H and O–H groups in total. The van der Waals surface area contributed by atoms with E-state index in [-0.39, 0.29) is 24.4 Å². The topological polar surface area (TPSA) is 122 Å². The van der Waals surface area contributed by atoms with Gasteiger partial charge in [0, 0.05) is 6.54 Å². The maximum absolute atomic E-state index is 12.8. The molecular formula is C18H35ClN2O6S. The fraction of sp³-hybridized carbons (Fsp3) is 0.944. The number of amides is 1. The van der Waals surface area contributed by atoms with Crippen LogP contribution in [0.25, 0.3) is 0 Å². The lowest BCUT2D eigenvalue weighted by Gasteiger charge is -2.44. The van der Waals surface area contributed by atoms with Gasteiger partial charge in [-0.2, -0.15) is 0 Å². The fourth-order valence-corrected chi connectivity index (χ4v) is 4.81. The van der Waals surface area contributed by atoms with Crippen LogP contribution in [0.15, 0.2) is 0 Å². The summed E-state index contributed by atoms with van der Waals surface area (Å²) < 4.78 is 5.72. The monoisotopic (exact) mass is 442 g/mol. The molecule has 2 heterocycles. The highest BCUT2D eigenvalue weighted by Crippen LogP contribution is 2.30. The second-order valence-electron chi connectivity index (χ2n) is 7.80. The molecule has 28 heavy (non-hydrogen) atoms. The van der Waals surface area contributed by atoms with Crippen LogP contribution in [-0.2, 0) is 9.53 Å². The molecule has 0 aromatic heterocycles. The van der Waals surface area contributed by atoms with Gasteiger partial charge in [-0.25, -0.2) is 0 Å². The highest BCUT2D eigenvalue weighted by atomic mass is 35.5. The molecule has 0 aliphatic carbocycles. The molecular weight excluding hydrogens is 408 g/mol. The van der Waals surface area contributed by atoms with Gasteiger partial charge in [-0.1, -0.05) is 13.3 Å². The van der Waals surface area contributed by atoms with Crippen molar-refractivity contribution in [3.63, 3.8) is 0 Å². The first-order valence-corrected chi connectivity index (χ1v) is 10.9. The van der Waals surface area contributed by atoms with Crippen LogP contribution in [0.5, 0.6) is 0 Å². The third-order valence-corrected chi connectivity index (χ3v) is 6.51. The van der Waals surface area contributed by atoms with Crippen molar-refractivity contribution in [2.24, 2.45) is 5.92 Å². The molecule has 2 aliphatic rings. The number of nitrogens with zero attached hydrogens (tertiary/aromatic N) is 1. The van der Waals surface area contributed by atoms with Gasteiger partial charge in [-0.15, -0.1) is 24.2 Å². The fourth-order valence-electron chi connectivity index (χ4n) is 4.13. The summed E-state index contributed by atoms with van der Waals surface area (Å²) in [4.78, 5) is 14.9. The second-order valence-corrected chi connectivity index (χ2v) is 8.73. The van der Waals surface area contributed by atoms with Crippen LogP contribution in [0.3, 0.4) is 0 Å². The van der Waals surface area contributed by atoms with Crippen LogP contribution in [0.2, 0.25) is 0 Å². The minimum Gasteiger partial charge on any atom is -0.391 e. The molecule has 0 bridgehead atoms. The molecule has 0 spiro atoms. The molecule has 8 nitrogen and oxygen atoms in total. The Balaban J connectivity index is 0.00000392. The quantitative estimate of drug-likeness (QED) is 0.360. The molecule has 2 saturated heterocycles. The number of aliphatic hydroxyl groups is 4. The lowest BCUT2D eigenvalue weighted by atomic mass is 9.92. The predicted octanol–water partition coefficient (Wildman–Crippen LogP) is -0.435. The zero-order valence-corrected chi connectivity index (χ0v) is 18.5. The van der Waals surface area contributed by atoms with E-state index in [0.29, 0.717) is 5.92 Å². The summed E-state index contributed by atoms with van der Waals surface area (Å²) in [5, 5.41) is 43.5. The zero-order chi connectivity index (χ0) is 20.3. The number of carbonyl (C=O) groups excluding carboxylic acids is 1. The number of hydrogen-bond acceptors (Lipinski definition) is 8. The Bertz CT molecular complexity index is 501. The van der Waals surface area contributed by atoms with Crippen molar-refractivity contribution in [1.29, 1.82) is 0 Å². The van der Waals surface area contributed by atoms with Crippen LogP contribution >= 0.6 is 24.2 Å². The van der Waals surface area contributed by atoms with E-state index in [4.69, 9.17) is 4.74 Å². The average molecular weight is 443 g/mol. The Hall–Kier alpha value is -0.130. The van der Waals surface area contributed by atoms with E-state index in [2.05, 4.69) is 12.2 Å². The van der Waals surface area contributed by atoms with Gasteiger partial charge >= 0.3 is 0 Å². The number of halogens is 1. The van der Waals surface area contributed by atoms with Crippen LogP contribution in [-0.4, -0.2) is 99.1 Å². The summed E-state index contributed by atoms with van der Waals surface area (Å²) in [5.41, 5.74) is -0.755. The minimum atomic E-state index is -1.42. The molecule has 166 valence electrons. The summed E-state index contributed by atoms with van der Waals surface area (Å²) in [5.74, 6) is 0.245. The highest BCUT2D eigenvalue weighted by Gasteiger charge is 2.48. The molecule has 0 aromatic carbocycles. The number of thioether (sulfide) groups is 1. The molecule has 0 radical (unpaired) electrons. The summed E-state index contributed by atoms with van der Waals surface area (Å²) in [6, 6.07) is -1.20. The van der Waals surface area contributed by atoms with E-state index in [1.165, 1.54) is 18.7 Å². The van der Waals surface area contributed by atoms with Crippen molar-refractivity contribution in [2.45, 2.75) is 81.1 Å². The summed E-state index contributed by atoms with van der Waals surface area (Å²) in [7, 11) is 1.91. The lowest BCUT2D eigenvalue weighted by molar-refractivity contribution is -0.211. The smallest absolute Gasteiger partial charge is 0.237 e. The minimum absolute atomic E-state index is 0. The molecule has 1 unspecified atom stereocenters. The third-order valence-electron chi connectivity index (χ3n) is 5.66. The first-order chi connectivity index (χ1) is 12.7. The normalized spacial score (nSPS) is 38.5. The number of carbonyl (C=O) groups is 1. The first kappa shape index (κ1) is 25.9. The van der Waals surface area contributed by atoms with Crippen molar-refractivity contribution >= 4 is 30.1 Å². The van der Waals surface area contributed by atoms with Crippen molar-refractivity contribution in [1.82, 2.24) is 10.2 Å². The van der Waals surface area contributed by atoms with Gasteiger partial charge in [0.15, 0.2) is 0 Å². The number of ether oxygens (including phenoxy) is 1. The van der Waals surface area contributed by atoms with E-state index in [1.807, 2.05) is 11.9 Å². The first-order valence-electron chi connectivity index (χ1n) is 9.62. The van der Waals surface area contributed by atoms with Crippen LogP contribution in [0.1, 0.15) is 33.1 Å². The molecule has 9 atom stereocenters. The van der Waals surface area contributed by atoms with Gasteiger partial charge in [0.1, 0.15) is 29.9 Å². The maximum Gasteiger partial charge on any atom is 0.237 e. The van der Waals surface area contributed by atoms with Gasteiger partial charge < -0.3 is 30.5 Å². The van der Waals surface area contributed by atoms with E-state index in [9.17, 15) is 25.2 Å². The summed E-state index contributed by atoms with van der Waals surface area (Å²) in [6.45, 7) is 4.48. The standard InChI is InChI=1S/C18H34N2O6S.ClH/c1-5-6-10-7-11(20(3)8-10)17(25)19-12(9(2)21)16-14(23)13(22)15(24)18(26-16)27-4;/h9-16,18,21-24H,5-8H2,1-4H3,(H,19,25);1H/t9-,10+,11-,12+,13-,14+,15+,16?,18+;/m0./s1. The highest BCUT2D eigenvalue weighted by molar-refractivity contribution is 7.99. The van der Waals surface area contributed by atoms with E-state index in [0.717, 1.165) is 25.8 Å². The molecule has 2 rings (SSSR count). The number of aliphatic hydroxyl groups excluding tert-OH is 4. The molecule has 10 heteroatoms. The van der Waals surface area contributed by atoms with Crippen LogP contribution in [0.4, 0.5) is 0 Å². The molecule has 0 saturated carbocycles. The number of likely N-dealkylation sites (tertiary alicyclic amines) is 1. The average Bonchev–Trinajstić information content (AvgIpc) is 2.99. The van der Waals surface area contributed by atoms with E-state index < -0.39 is 42.0 Å². The molecule has 0 aromatic rings. The lowest BCUT2D eigenvalue weighted by Crippen LogP contribution is -2.65. The predicted molar refractivity (Wildman–Crippen MR) is 110 cm³/mol. The van der Waals surface area contributed by atoms with Crippen molar-refractivity contribution in [3.05, 3.63) is 0 Å². The SMILES string of the molecule is CCC[C@@H]1C[C@@H](C(=O)N[C@@H](C2O[C@H](SC)[C@H](O)[C@@H](O)[C@H]2O)[C@H](C)O)N(C)C1.Cl. The van der Waals surface area contributed by atoms with E-state index in [1.54, 1.807) is 6.26 Å².